The van der Waals surface area contributed by atoms with Gasteiger partial charge in [-0.1, -0.05) is 39.7 Å². The molecule has 0 unspecified atom stereocenters. The van der Waals surface area contributed by atoms with E-state index >= 15 is 0 Å². The number of carbonyl (C=O) groups is 1. The largest absolute Gasteiger partial charge is 0.424 e. The van der Waals surface area contributed by atoms with Crippen LogP contribution in [0, 0.1) is 0 Å². The van der Waals surface area contributed by atoms with Crippen LogP contribution in [0.2, 0.25) is 5.02 Å². The number of ether oxygens (including phenoxy) is 1. The zero-order valence-corrected chi connectivity index (χ0v) is 8.43. The van der Waals surface area contributed by atoms with Crippen LogP contribution in [0.25, 0.3) is 0 Å². The molecule has 1 aromatic carbocycles. The smallest absolute Gasteiger partial charge is 0.322 e. The molecule has 0 bridgehead atoms. The molecule has 0 amide bonds. The first-order chi connectivity index (χ1) is 5.74. The maximum absolute atomic E-state index is 10.8. The van der Waals surface area contributed by atoms with Gasteiger partial charge in [-0.15, -0.1) is 0 Å². The number of hydrogen-bond acceptors (Lipinski definition) is 2. The number of alkyl halides is 1. The number of carbonyl (C=O) groups excluding carboxylic acids is 1. The third kappa shape index (κ3) is 2.50. The molecule has 0 aliphatic carbocycles. The van der Waals surface area contributed by atoms with Crippen molar-refractivity contribution in [2.24, 2.45) is 0 Å². The van der Waals surface area contributed by atoms with Gasteiger partial charge in [-0.25, -0.2) is 0 Å². The Morgan fingerprint density at radius 3 is 2.75 bits per heavy atom. The van der Waals surface area contributed by atoms with E-state index in [2.05, 4.69) is 15.9 Å². The number of halogens is 2. The van der Waals surface area contributed by atoms with Crippen molar-refractivity contribution < 1.29 is 9.53 Å². The van der Waals surface area contributed by atoms with Crippen molar-refractivity contribution in [3.05, 3.63) is 29.3 Å². The summed E-state index contributed by atoms with van der Waals surface area (Å²) in [6, 6.07) is 6.83. The summed E-state index contributed by atoms with van der Waals surface area (Å²) in [6.45, 7) is 0. The molecule has 0 N–H and O–H groups in total. The highest BCUT2D eigenvalue weighted by atomic mass is 79.9. The van der Waals surface area contributed by atoms with Crippen LogP contribution in [0.5, 0.6) is 5.75 Å². The van der Waals surface area contributed by atoms with Crippen LogP contribution in [0.1, 0.15) is 0 Å². The van der Waals surface area contributed by atoms with Crippen molar-refractivity contribution >= 4 is 33.5 Å². The predicted molar refractivity (Wildman–Crippen MR) is 50.9 cm³/mol. The van der Waals surface area contributed by atoms with E-state index in [0.29, 0.717) is 10.8 Å². The summed E-state index contributed by atoms with van der Waals surface area (Å²) < 4.78 is 4.88. The molecule has 0 spiro atoms. The van der Waals surface area contributed by atoms with Crippen LogP contribution >= 0.6 is 27.5 Å². The van der Waals surface area contributed by atoms with Crippen LogP contribution in [0.4, 0.5) is 0 Å². The summed E-state index contributed by atoms with van der Waals surface area (Å²) in [7, 11) is 0. The summed E-state index contributed by atoms with van der Waals surface area (Å²) in [5.74, 6) is 0.0340. The maximum atomic E-state index is 10.8. The molecule has 0 aromatic heterocycles. The van der Waals surface area contributed by atoms with Crippen LogP contribution in [0.15, 0.2) is 24.3 Å². The van der Waals surface area contributed by atoms with Gasteiger partial charge in [0, 0.05) is 0 Å². The number of para-hydroxylation sites is 1. The van der Waals surface area contributed by atoms with Gasteiger partial charge in [0.05, 0.1) is 5.02 Å². The number of hydrogen-bond donors (Lipinski definition) is 0. The molecule has 1 aromatic rings. The topological polar surface area (TPSA) is 26.3 Å². The highest BCUT2D eigenvalue weighted by Crippen LogP contribution is 2.23. The van der Waals surface area contributed by atoms with Crippen molar-refractivity contribution in [1.29, 1.82) is 0 Å². The zero-order valence-electron chi connectivity index (χ0n) is 6.09. The molecule has 0 aliphatic heterocycles. The quantitative estimate of drug-likeness (QED) is 0.457. The highest BCUT2D eigenvalue weighted by Gasteiger charge is 2.04. The van der Waals surface area contributed by atoms with E-state index in [0.717, 1.165) is 0 Å². The molecule has 0 fully saturated rings. The first-order valence-corrected chi connectivity index (χ1v) is 4.75. The first kappa shape index (κ1) is 9.55. The Labute approximate surface area is 83.6 Å². The van der Waals surface area contributed by atoms with Gasteiger partial charge in [0.15, 0.2) is 0 Å². The second kappa shape index (κ2) is 4.48. The van der Waals surface area contributed by atoms with Crippen LogP contribution < -0.4 is 4.74 Å². The monoisotopic (exact) mass is 248 g/mol. The number of rotatable bonds is 2. The fourth-order valence-corrected chi connectivity index (χ4v) is 0.966. The lowest BCUT2D eigenvalue weighted by Gasteiger charge is -2.02. The van der Waals surface area contributed by atoms with E-state index in [1.54, 1.807) is 24.3 Å². The van der Waals surface area contributed by atoms with E-state index in [9.17, 15) is 4.79 Å². The zero-order chi connectivity index (χ0) is 8.97. The Hall–Kier alpha value is -0.540. The number of esters is 1. The summed E-state index contributed by atoms with van der Waals surface area (Å²) in [5, 5.41) is 0.602. The Bertz CT molecular complexity index is 288. The van der Waals surface area contributed by atoms with Gasteiger partial charge < -0.3 is 4.74 Å². The van der Waals surface area contributed by atoms with Crippen molar-refractivity contribution in [2.45, 2.75) is 0 Å². The summed E-state index contributed by atoms with van der Waals surface area (Å²) in [6.07, 6.45) is 0. The molecule has 2 nitrogen and oxygen atoms in total. The van der Waals surface area contributed by atoms with Crippen molar-refractivity contribution in [3.8, 4) is 5.75 Å². The van der Waals surface area contributed by atoms with Gasteiger partial charge in [-0.3, -0.25) is 4.79 Å². The molecular weight excluding hydrogens is 243 g/mol. The Kier molecular flexibility index (Phi) is 3.56. The van der Waals surface area contributed by atoms with Crippen molar-refractivity contribution in [3.63, 3.8) is 0 Å². The summed E-state index contributed by atoms with van der Waals surface area (Å²) in [5.41, 5.74) is 0. The predicted octanol–water partition coefficient (Wildman–Crippen LogP) is 2.64. The van der Waals surface area contributed by atoms with Crippen LogP contribution in [0.3, 0.4) is 0 Å². The molecule has 0 atom stereocenters. The fourth-order valence-electron chi connectivity index (χ4n) is 0.677. The lowest BCUT2D eigenvalue weighted by molar-refractivity contribution is -0.131. The lowest BCUT2D eigenvalue weighted by atomic mass is 10.3. The van der Waals surface area contributed by atoms with Gasteiger partial charge in [0.2, 0.25) is 0 Å². The average Bonchev–Trinajstić information content (AvgIpc) is 2.09. The Morgan fingerprint density at radius 2 is 2.17 bits per heavy atom. The second-order valence-corrected chi connectivity index (χ2v) is 3.01. The molecule has 0 saturated heterocycles. The Balaban J connectivity index is 2.75. The lowest BCUT2D eigenvalue weighted by Crippen LogP contribution is -2.08. The fraction of sp³-hybridized carbons (Fsp3) is 0.125. The maximum Gasteiger partial charge on any atom is 0.322 e. The third-order valence-corrected chi connectivity index (χ3v) is 1.94. The standard InChI is InChI=1S/C8H6BrClO2/c9-5-8(11)12-7-4-2-1-3-6(7)10/h1-4H,5H2. The van der Waals surface area contributed by atoms with E-state index in [4.69, 9.17) is 16.3 Å². The third-order valence-electron chi connectivity index (χ3n) is 1.17. The molecule has 4 heteroatoms. The number of benzene rings is 1. The van der Waals surface area contributed by atoms with Crippen molar-refractivity contribution in [1.82, 2.24) is 0 Å². The van der Waals surface area contributed by atoms with Gasteiger partial charge in [-0.2, -0.15) is 0 Å². The second-order valence-electron chi connectivity index (χ2n) is 2.04. The van der Waals surface area contributed by atoms with Crippen molar-refractivity contribution in [2.75, 3.05) is 5.33 Å². The minimum absolute atomic E-state index is 0.165. The summed E-state index contributed by atoms with van der Waals surface area (Å²) in [4.78, 5) is 10.8. The molecule has 0 saturated carbocycles. The van der Waals surface area contributed by atoms with Gasteiger partial charge >= 0.3 is 5.97 Å². The van der Waals surface area contributed by atoms with E-state index in [1.807, 2.05) is 0 Å². The van der Waals surface area contributed by atoms with Gasteiger partial charge in [0.25, 0.3) is 0 Å². The Morgan fingerprint density at radius 1 is 1.50 bits per heavy atom. The SMILES string of the molecule is O=C(CBr)Oc1ccccc1Cl. The molecular formula is C8H6BrClO2. The minimum atomic E-state index is -0.358. The van der Waals surface area contributed by atoms with Gasteiger partial charge in [-0.05, 0) is 12.1 Å². The normalized spacial score (nSPS) is 9.50. The molecule has 0 aliphatic rings. The van der Waals surface area contributed by atoms with E-state index in [-0.39, 0.29) is 11.3 Å². The molecule has 0 heterocycles. The summed E-state index contributed by atoms with van der Waals surface area (Å²) >= 11 is 8.71. The molecule has 12 heavy (non-hydrogen) atoms. The van der Waals surface area contributed by atoms with E-state index < -0.39 is 0 Å². The molecule has 1 rings (SSSR count). The van der Waals surface area contributed by atoms with Gasteiger partial charge in [0.1, 0.15) is 11.1 Å². The minimum Gasteiger partial charge on any atom is -0.424 e. The van der Waals surface area contributed by atoms with Crippen LogP contribution in [-0.4, -0.2) is 11.3 Å². The van der Waals surface area contributed by atoms with E-state index in [1.165, 1.54) is 0 Å². The highest BCUT2D eigenvalue weighted by molar-refractivity contribution is 9.09. The van der Waals surface area contributed by atoms with Crippen LogP contribution in [-0.2, 0) is 4.79 Å². The molecule has 0 radical (unpaired) electrons. The molecule has 64 valence electrons. The average molecular weight is 249 g/mol. The first-order valence-electron chi connectivity index (χ1n) is 3.25.